The number of piperidine rings is 1. The molecule has 0 amide bonds. The molecule has 30 heavy (non-hydrogen) atoms. The number of nitrogens with zero attached hydrogens (tertiary/aromatic N) is 2. The quantitative estimate of drug-likeness (QED) is 0.587. The predicted molar refractivity (Wildman–Crippen MR) is 110 cm³/mol. The van der Waals surface area contributed by atoms with Crippen molar-refractivity contribution in [2.45, 2.75) is 31.8 Å². The molecule has 0 radical (unpaired) electrons. The summed E-state index contributed by atoms with van der Waals surface area (Å²) in [6.45, 7) is -0.768. The van der Waals surface area contributed by atoms with Crippen LogP contribution in [0.15, 0.2) is 60.9 Å². The molecule has 1 aliphatic heterocycles. The Morgan fingerprint density at radius 3 is 2.60 bits per heavy atom. The van der Waals surface area contributed by atoms with Gasteiger partial charge in [-0.3, -0.25) is 4.79 Å². The van der Waals surface area contributed by atoms with Gasteiger partial charge in [-0.2, -0.15) is 13.9 Å². The minimum Gasteiger partial charge on any atom is -0.435 e. The van der Waals surface area contributed by atoms with Crippen LogP contribution in [-0.2, 0) is 6.42 Å². The topological polar surface area (TPSA) is 56.2 Å². The highest BCUT2D eigenvalue weighted by atomic mass is 19.3. The second kappa shape index (κ2) is 9.17. The lowest BCUT2D eigenvalue weighted by Crippen LogP contribution is -2.28. The highest BCUT2D eigenvalue weighted by Crippen LogP contribution is 2.24. The van der Waals surface area contributed by atoms with E-state index in [2.05, 4.69) is 27.3 Å². The summed E-state index contributed by atoms with van der Waals surface area (Å²) < 4.78 is 30.4. The van der Waals surface area contributed by atoms with Gasteiger partial charge < -0.3 is 10.1 Å². The number of Topliss-reactive ketones (excluding diaryl/α,β-unsaturated/α-hetero) is 1. The molecule has 0 saturated carbocycles. The fourth-order valence-electron chi connectivity index (χ4n) is 3.72. The summed E-state index contributed by atoms with van der Waals surface area (Å²) in [6, 6.07) is 14.4. The molecule has 0 bridgehead atoms. The number of hydrogen-bond donors (Lipinski definition) is 1. The summed E-state index contributed by atoms with van der Waals surface area (Å²) in [6.07, 6.45) is 5.86. The van der Waals surface area contributed by atoms with Gasteiger partial charge in [-0.25, -0.2) is 4.68 Å². The maximum atomic E-state index is 12.7. The zero-order chi connectivity index (χ0) is 20.9. The number of ketones is 1. The zero-order valence-electron chi connectivity index (χ0n) is 16.4. The van der Waals surface area contributed by atoms with Crippen molar-refractivity contribution in [3.05, 3.63) is 77.6 Å². The summed E-state index contributed by atoms with van der Waals surface area (Å²) in [7, 11) is 0. The van der Waals surface area contributed by atoms with E-state index in [-0.39, 0.29) is 11.5 Å². The van der Waals surface area contributed by atoms with Crippen molar-refractivity contribution < 1.29 is 18.3 Å². The first-order valence-electron chi connectivity index (χ1n) is 10.0. The number of aromatic nitrogens is 2. The number of halogens is 2. The fourth-order valence-corrected chi connectivity index (χ4v) is 3.72. The van der Waals surface area contributed by atoms with E-state index in [1.807, 2.05) is 12.1 Å². The van der Waals surface area contributed by atoms with Crippen LogP contribution in [0.1, 0.15) is 40.2 Å². The fraction of sp³-hybridized carbons (Fsp3) is 0.304. The van der Waals surface area contributed by atoms with E-state index in [0.29, 0.717) is 23.6 Å². The highest BCUT2D eigenvalue weighted by Gasteiger charge is 2.16. The molecule has 7 heteroatoms. The van der Waals surface area contributed by atoms with Crippen LogP contribution < -0.4 is 10.1 Å². The van der Waals surface area contributed by atoms with Gasteiger partial charge in [0.25, 0.3) is 0 Å². The van der Waals surface area contributed by atoms with Crippen molar-refractivity contribution in [1.29, 1.82) is 0 Å². The van der Waals surface area contributed by atoms with Gasteiger partial charge in [0.1, 0.15) is 5.75 Å². The average molecular weight is 411 g/mol. The SMILES string of the molecule is O=C(Cc1ccc(C2CCCNC2)cc1)c1cnn(-c2ccc(OC(F)F)cc2)c1. The maximum Gasteiger partial charge on any atom is 0.387 e. The Morgan fingerprint density at radius 1 is 1.17 bits per heavy atom. The van der Waals surface area contributed by atoms with Gasteiger partial charge in [-0.1, -0.05) is 24.3 Å². The third-order valence-corrected chi connectivity index (χ3v) is 5.34. The molecule has 1 aromatic heterocycles. The Kier molecular flexibility index (Phi) is 6.18. The van der Waals surface area contributed by atoms with Crippen LogP contribution in [0.4, 0.5) is 8.78 Å². The van der Waals surface area contributed by atoms with Crippen LogP contribution in [-0.4, -0.2) is 35.3 Å². The molecular formula is C23H23F2N3O2. The third kappa shape index (κ3) is 4.91. The maximum absolute atomic E-state index is 12.7. The molecule has 5 nitrogen and oxygen atoms in total. The monoisotopic (exact) mass is 411 g/mol. The van der Waals surface area contributed by atoms with Crippen molar-refractivity contribution in [3.8, 4) is 11.4 Å². The number of nitrogens with one attached hydrogen (secondary N) is 1. The highest BCUT2D eigenvalue weighted by molar-refractivity contribution is 5.97. The molecule has 1 N–H and O–H groups in total. The number of benzene rings is 2. The standard InChI is InChI=1S/C23H23F2N3O2/c24-23(25)30-21-9-7-20(8-10-21)28-15-19(14-27-28)22(29)12-16-3-5-17(6-4-16)18-2-1-11-26-13-18/h3-10,14-15,18,23,26H,1-2,11-13H2. The smallest absolute Gasteiger partial charge is 0.387 e. The van der Waals surface area contributed by atoms with E-state index in [4.69, 9.17) is 0 Å². The summed E-state index contributed by atoms with van der Waals surface area (Å²) >= 11 is 0. The lowest BCUT2D eigenvalue weighted by Gasteiger charge is -2.23. The van der Waals surface area contributed by atoms with Gasteiger partial charge in [-0.15, -0.1) is 0 Å². The molecule has 0 aliphatic carbocycles. The van der Waals surface area contributed by atoms with Crippen molar-refractivity contribution >= 4 is 5.78 Å². The van der Waals surface area contributed by atoms with E-state index in [1.54, 1.807) is 23.0 Å². The largest absolute Gasteiger partial charge is 0.435 e. The third-order valence-electron chi connectivity index (χ3n) is 5.34. The molecule has 2 heterocycles. The van der Waals surface area contributed by atoms with Gasteiger partial charge in [0.2, 0.25) is 0 Å². The van der Waals surface area contributed by atoms with Crippen molar-refractivity contribution in [3.63, 3.8) is 0 Å². The van der Waals surface area contributed by atoms with E-state index in [9.17, 15) is 13.6 Å². The molecule has 1 atom stereocenters. The molecule has 2 aromatic carbocycles. The molecule has 0 spiro atoms. The van der Waals surface area contributed by atoms with E-state index in [0.717, 1.165) is 18.7 Å². The minimum atomic E-state index is -2.86. The Morgan fingerprint density at radius 2 is 1.93 bits per heavy atom. The number of carbonyl (C=O) groups is 1. The molecule has 1 unspecified atom stereocenters. The minimum absolute atomic E-state index is 0.0222. The number of carbonyl (C=O) groups excluding carboxylic acids is 1. The number of hydrogen-bond acceptors (Lipinski definition) is 4. The summed E-state index contributed by atoms with van der Waals surface area (Å²) in [5.74, 6) is 0.592. The molecule has 1 aliphatic rings. The normalized spacial score (nSPS) is 16.6. The zero-order valence-corrected chi connectivity index (χ0v) is 16.4. The van der Waals surface area contributed by atoms with Gasteiger partial charge in [0.05, 0.1) is 17.4 Å². The van der Waals surface area contributed by atoms with E-state index >= 15 is 0 Å². The summed E-state index contributed by atoms with van der Waals surface area (Å²) in [5, 5.41) is 7.64. The first-order chi connectivity index (χ1) is 14.6. The Hall–Kier alpha value is -3.06. The van der Waals surface area contributed by atoms with Crippen LogP contribution in [0.2, 0.25) is 0 Å². The van der Waals surface area contributed by atoms with E-state index < -0.39 is 6.61 Å². The molecule has 1 saturated heterocycles. The molecular weight excluding hydrogens is 388 g/mol. The first-order valence-corrected chi connectivity index (χ1v) is 10.0. The van der Waals surface area contributed by atoms with E-state index in [1.165, 1.54) is 36.7 Å². The summed E-state index contributed by atoms with van der Waals surface area (Å²) in [4.78, 5) is 12.7. The molecule has 156 valence electrons. The number of alkyl halides is 2. The van der Waals surface area contributed by atoms with Crippen LogP contribution in [0.5, 0.6) is 5.75 Å². The second-order valence-electron chi connectivity index (χ2n) is 7.43. The van der Waals surface area contributed by atoms with Crippen LogP contribution in [0, 0.1) is 0 Å². The van der Waals surface area contributed by atoms with Gasteiger partial charge >= 0.3 is 6.61 Å². The van der Waals surface area contributed by atoms with Crippen molar-refractivity contribution in [1.82, 2.24) is 15.1 Å². The van der Waals surface area contributed by atoms with Crippen LogP contribution in [0.3, 0.4) is 0 Å². The Balaban J connectivity index is 1.39. The summed E-state index contributed by atoms with van der Waals surface area (Å²) in [5.41, 5.74) is 3.43. The molecule has 4 rings (SSSR count). The Bertz CT molecular complexity index is 978. The van der Waals surface area contributed by atoms with Gasteiger partial charge in [0, 0.05) is 19.2 Å². The number of rotatable bonds is 7. The molecule has 1 fully saturated rings. The second-order valence-corrected chi connectivity index (χ2v) is 7.43. The molecule has 3 aromatic rings. The van der Waals surface area contributed by atoms with Gasteiger partial charge in [0.15, 0.2) is 5.78 Å². The number of ether oxygens (including phenoxy) is 1. The Labute approximate surface area is 173 Å². The lowest BCUT2D eigenvalue weighted by atomic mass is 9.90. The van der Waals surface area contributed by atoms with Crippen LogP contribution >= 0.6 is 0 Å². The first kappa shape index (κ1) is 20.2. The van der Waals surface area contributed by atoms with Gasteiger partial charge in [-0.05, 0) is 60.7 Å². The van der Waals surface area contributed by atoms with Crippen molar-refractivity contribution in [2.24, 2.45) is 0 Å². The van der Waals surface area contributed by atoms with Crippen molar-refractivity contribution in [2.75, 3.05) is 13.1 Å². The van der Waals surface area contributed by atoms with Crippen LogP contribution in [0.25, 0.3) is 5.69 Å². The lowest BCUT2D eigenvalue weighted by molar-refractivity contribution is -0.0498. The predicted octanol–water partition coefficient (Wildman–Crippen LogP) is 4.37. The average Bonchev–Trinajstić information content (AvgIpc) is 3.25.